The van der Waals surface area contributed by atoms with Gasteiger partial charge in [0, 0.05) is 11.8 Å². The Morgan fingerprint density at radius 3 is 2.73 bits per heavy atom. The molecule has 2 aromatic rings. The number of carbonyl (C=O) groups is 1. The lowest BCUT2D eigenvalue weighted by Gasteiger charge is -2.19. The number of methoxy groups -OCH3 is 1. The predicted octanol–water partition coefficient (Wildman–Crippen LogP) is 3.21. The van der Waals surface area contributed by atoms with Crippen molar-refractivity contribution in [2.45, 2.75) is 6.42 Å². The molecule has 0 fully saturated rings. The molecule has 0 saturated heterocycles. The summed E-state index contributed by atoms with van der Waals surface area (Å²) < 4.78 is 21.9. The number of carbonyl (C=O) groups excluding carboxylic acids is 1. The lowest BCUT2D eigenvalue weighted by molar-refractivity contribution is -0.118. The van der Waals surface area contributed by atoms with E-state index < -0.39 is 0 Å². The average Bonchev–Trinajstić information content (AvgIpc) is 2.67. The van der Waals surface area contributed by atoms with Gasteiger partial charge < -0.3 is 24.3 Å². The fourth-order valence-electron chi connectivity index (χ4n) is 2.59. The molecular formula is C20H21NO5. The summed E-state index contributed by atoms with van der Waals surface area (Å²) in [5, 5.41) is 2.78. The number of fused-ring (bicyclic) bond motifs is 1. The van der Waals surface area contributed by atoms with Gasteiger partial charge in [0.1, 0.15) is 13.2 Å². The fourth-order valence-corrected chi connectivity index (χ4v) is 2.59. The van der Waals surface area contributed by atoms with Gasteiger partial charge in [0.2, 0.25) is 0 Å². The van der Waals surface area contributed by atoms with Crippen LogP contribution in [0, 0.1) is 0 Å². The summed E-state index contributed by atoms with van der Waals surface area (Å²) in [6.07, 6.45) is 2.55. The average molecular weight is 355 g/mol. The smallest absolute Gasteiger partial charge is 0.262 e. The molecule has 1 aliphatic rings. The van der Waals surface area contributed by atoms with Crippen molar-refractivity contribution in [2.24, 2.45) is 0 Å². The maximum Gasteiger partial charge on any atom is 0.262 e. The highest BCUT2D eigenvalue weighted by Crippen LogP contribution is 2.32. The van der Waals surface area contributed by atoms with Gasteiger partial charge in [-0.15, -0.1) is 6.58 Å². The third kappa shape index (κ3) is 4.27. The highest BCUT2D eigenvalue weighted by molar-refractivity contribution is 5.92. The monoisotopic (exact) mass is 355 g/mol. The molecule has 2 aromatic carbocycles. The van der Waals surface area contributed by atoms with Gasteiger partial charge >= 0.3 is 0 Å². The topological polar surface area (TPSA) is 66.0 Å². The van der Waals surface area contributed by atoms with Gasteiger partial charge in [0.05, 0.1) is 7.11 Å². The zero-order valence-electron chi connectivity index (χ0n) is 14.6. The number of anilines is 1. The van der Waals surface area contributed by atoms with Crippen LogP contribution in [0.2, 0.25) is 0 Å². The number of amides is 1. The Kier molecular flexibility index (Phi) is 5.63. The van der Waals surface area contributed by atoms with Crippen LogP contribution in [0.1, 0.15) is 5.56 Å². The largest absolute Gasteiger partial charge is 0.493 e. The van der Waals surface area contributed by atoms with Crippen molar-refractivity contribution in [2.75, 3.05) is 32.2 Å². The van der Waals surface area contributed by atoms with Crippen molar-refractivity contribution in [1.82, 2.24) is 0 Å². The van der Waals surface area contributed by atoms with Gasteiger partial charge in [-0.05, 0) is 36.2 Å². The molecule has 0 aliphatic carbocycles. The van der Waals surface area contributed by atoms with Gasteiger partial charge in [-0.25, -0.2) is 0 Å². The molecule has 1 heterocycles. The fraction of sp³-hybridized carbons (Fsp3) is 0.250. The molecular weight excluding hydrogens is 334 g/mol. The van der Waals surface area contributed by atoms with Crippen LogP contribution >= 0.6 is 0 Å². The standard InChI is InChI=1S/C20H21NO5/c1-3-4-14-5-7-16(18(11-14)23-2)26-13-20(22)21-15-6-8-17-19(12-15)25-10-9-24-17/h3,5-8,11-12H,1,4,9-10,13H2,2H3,(H,21,22). The SMILES string of the molecule is C=CCc1ccc(OCC(=O)Nc2ccc3c(c2)OCCO3)c(OC)c1. The molecule has 6 nitrogen and oxygen atoms in total. The number of allylic oxidation sites excluding steroid dienone is 1. The molecule has 6 heteroatoms. The number of ether oxygens (including phenoxy) is 4. The van der Waals surface area contributed by atoms with Gasteiger partial charge in [-0.2, -0.15) is 0 Å². The Morgan fingerprint density at radius 2 is 1.96 bits per heavy atom. The first-order chi connectivity index (χ1) is 12.7. The van der Waals surface area contributed by atoms with Gasteiger partial charge in [0.25, 0.3) is 5.91 Å². The summed E-state index contributed by atoms with van der Waals surface area (Å²) in [4.78, 5) is 12.2. The number of benzene rings is 2. The Morgan fingerprint density at radius 1 is 1.15 bits per heavy atom. The van der Waals surface area contributed by atoms with Crippen LogP contribution in [0.3, 0.4) is 0 Å². The van der Waals surface area contributed by atoms with Crippen LogP contribution in [0.15, 0.2) is 49.1 Å². The number of rotatable bonds is 7. The normalized spacial score (nSPS) is 12.2. The quantitative estimate of drug-likeness (QED) is 0.773. The summed E-state index contributed by atoms with van der Waals surface area (Å²) in [5.41, 5.74) is 1.68. The second-order valence-electron chi connectivity index (χ2n) is 5.67. The molecule has 1 aliphatic heterocycles. The van der Waals surface area contributed by atoms with E-state index >= 15 is 0 Å². The van der Waals surface area contributed by atoms with Crippen molar-refractivity contribution in [3.05, 3.63) is 54.6 Å². The van der Waals surface area contributed by atoms with Crippen molar-refractivity contribution in [3.8, 4) is 23.0 Å². The maximum absolute atomic E-state index is 12.2. The van der Waals surface area contributed by atoms with Crippen LogP contribution in [-0.2, 0) is 11.2 Å². The molecule has 0 unspecified atom stereocenters. The first-order valence-electron chi connectivity index (χ1n) is 8.29. The second kappa shape index (κ2) is 8.29. The molecule has 1 N–H and O–H groups in total. The molecule has 0 aromatic heterocycles. The second-order valence-corrected chi connectivity index (χ2v) is 5.67. The molecule has 0 saturated carbocycles. The van der Waals surface area contributed by atoms with Crippen LogP contribution < -0.4 is 24.3 Å². The Labute approximate surface area is 152 Å². The maximum atomic E-state index is 12.2. The van der Waals surface area contributed by atoms with Crippen LogP contribution in [0.5, 0.6) is 23.0 Å². The molecule has 0 spiro atoms. The first kappa shape index (κ1) is 17.7. The van der Waals surface area contributed by atoms with E-state index in [1.54, 1.807) is 31.4 Å². The first-order valence-corrected chi connectivity index (χ1v) is 8.29. The zero-order chi connectivity index (χ0) is 18.4. The molecule has 0 bridgehead atoms. The minimum Gasteiger partial charge on any atom is -0.493 e. The molecule has 1 amide bonds. The molecule has 136 valence electrons. The van der Waals surface area contributed by atoms with Crippen molar-refractivity contribution in [1.29, 1.82) is 0 Å². The number of nitrogens with one attached hydrogen (secondary N) is 1. The Hall–Kier alpha value is -3.15. The van der Waals surface area contributed by atoms with Crippen molar-refractivity contribution >= 4 is 11.6 Å². The Bertz CT molecular complexity index is 803. The van der Waals surface area contributed by atoms with E-state index in [2.05, 4.69) is 11.9 Å². The van der Waals surface area contributed by atoms with E-state index in [0.29, 0.717) is 41.9 Å². The molecule has 26 heavy (non-hydrogen) atoms. The highest BCUT2D eigenvalue weighted by Gasteiger charge is 2.13. The van der Waals surface area contributed by atoms with Gasteiger partial charge in [-0.3, -0.25) is 4.79 Å². The summed E-state index contributed by atoms with van der Waals surface area (Å²) in [7, 11) is 1.56. The van der Waals surface area contributed by atoms with E-state index in [-0.39, 0.29) is 12.5 Å². The Balaban J connectivity index is 1.59. The summed E-state index contributed by atoms with van der Waals surface area (Å²) in [6.45, 7) is 4.61. The number of hydrogen-bond acceptors (Lipinski definition) is 5. The van der Waals surface area contributed by atoms with Crippen LogP contribution in [0.4, 0.5) is 5.69 Å². The third-order valence-corrected chi connectivity index (χ3v) is 3.79. The number of hydrogen-bond donors (Lipinski definition) is 1. The van der Waals surface area contributed by atoms with E-state index in [1.165, 1.54) is 0 Å². The minimum absolute atomic E-state index is 0.133. The third-order valence-electron chi connectivity index (χ3n) is 3.79. The zero-order valence-corrected chi connectivity index (χ0v) is 14.6. The van der Waals surface area contributed by atoms with Crippen molar-refractivity contribution < 1.29 is 23.7 Å². The lowest BCUT2D eigenvalue weighted by atomic mass is 10.1. The van der Waals surface area contributed by atoms with Crippen molar-refractivity contribution in [3.63, 3.8) is 0 Å². The summed E-state index contributed by atoms with van der Waals surface area (Å²) in [5.74, 6) is 2.11. The lowest BCUT2D eigenvalue weighted by Crippen LogP contribution is -2.21. The van der Waals surface area contributed by atoms with E-state index in [0.717, 1.165) is 12.0 Å². The molecule has 0 radical (unpaired) electrons. The summed E-state index contributed by atoms with van der Waals surface area (Å²) >= 11 is 0. The van der Waals surface area contributed by atoms with Crippen LogP contribution in [-0.4, -0.2) is 32.8 Å². The minimum atomic E-state index is -0.279. The van der Waals surface area contributed by atoms with E-state index in [4.69, 9.17) is 18.9 Å². The van der Waals surface area contributed by atoms with E-state index in [9.17, 15) is 4.79 Å². The van der Waals surface area contributed by atoms with Gasteiger partial charge in [-0.1, -0.05) is 12.1 Å². The van der Waals surface area contributed by atoms with Crippen LogP contribution in [0.25, 0.3) is 0 Å². The predicted molar refractivity (Wildman–Crippen MR) is 98.5 cm³/mol. The summed E-state index contributed by atoms with van der Waals surface area (Å²) in [6, 6.07) is 10.8. The molecule has 0 atom stereocenters. The van der Waals surface area contributed by atoms with E-state index in [1.807, 2.05) is 18.2 Å². The van der Waals surface area contributed by atoms with Gasteiger partial charge in [0.15, 0.2) is 29.6 Å². The molecule has 3 rings (SSSR count). The highest BCUT2D eigenvalue weighted by atomic mass is 16.6.